The number of hydrogen-bond acceptors (Lipinski definition) is 6. The molecule has 5 aliphatic rings. The third kappa shape index (κ3) is 4.32. The van der Waals surface area contributed by atoms with Gasteiger partial charge in [-0.2, -0.15) is 0 Å². The number of cyclic esters (lactones) is 1. The van der Waals surface area contributed by atoms with E-state index in [1.807, 2.05) is 50.0 Å². The predicted octanol–water partition coefficient (Wildman–Crippen LogP) is 3.38. The summed E-state index contributed by atoms with van der Waals surface area (Å²) in [5.41, 5.74) is -2.40. The summed E-state index contributed by atoms with van der Waals surface area (Å²) in [6.07, 6.45) is 16.3. The third-order valence-corrected chi connectivity index (χ3v) is 9.83. The average Bonchev–Trinajstić information content (AvgIpc) is 3.24. The fourth-order valence-electron chi connectivity index (χ4n) is 7.65. The van der Waals surface area contributed by atoms with Crippen molar-refractivity contribution < 1.29 is 29.0 Å². The second-order valence-corrected chi connectivity index (χ2v) is 12.1. The molecule has 1 aliphatic carbocycles. The van der Waals surface area contributed by atoms with Gasteiger partial charge in [0.1, 0.15) is 17.6 Å². The van der Waals surface area contributed by atoms with Crippen LogP contribution in [-0.2, 0) is 23.9 Å². The number of carbonyl (C=O) groups excluding carboxylic acids is 3. The Morgan fingerprint density at radius 2 is 1.79 bits per heavy atom. The second-order valence-electron chi connectivity index (χ2n) is 12.1. The van der Waals surface area contributed by atoms with Crippen LogP contribution in [0.5, 0.6) is 0 Å². The zero-order chi connectivity index (χ0) is 27.1. The molecule has 1 saturated carbocycles. The van der Waals surface area contributed by atoms with E-state index in [9.17, 15) is 19.5 Å². The smallest absolute Gasteiger partial charge is 0.313 e. The quantitative estimate of drug-likeness (QED) is 0.434. The van der Waals surface area contributed by atoms with Gasteiger partial charge < -0.3 is 24.4 Å². The molecule has 7 atom stereocenters. The number of esters is 1. The van der Waals surface area contributed by atoms with E-state index >= 15 is 0 Å². The largest absolute Gasteiger partial charge is 0.465 e. The number of ether oxygens (including phenoxy) is 2. The molecule has 0 bridgehead atoms. The van der Waals surface area contributed by atoms with Crippen molar-refractivity contribution in [1.29, 1.82) is 0 Å². The second kappa shape index (κ2) is 10.8. The van der Waals surface area contributed by atoms with Gasteiger partial charge in [-0.05, 0) is 44.9 Å². The van der Waals surface area contributed by atoms with E-state index in [-0.39, 0.29) is 30.4 Å². The van der Waals surface area contributed by atoms with Crippen LogP contribution in [0.2, 0.25) is 0 Å². The Morgan fingerprint density at radius 1 is 1.03 bits per heavy atom. The van der Waals surface area contributed by atoms with E-state index in [2.05, 4.69) is 0 Å². The molecule has 4 aliphatic heterocycles. The van der Waals surface area contributed by atoms with Crippen LogP contribution in [0.4, 0.5) is 0 Å². The molecule has 8 heteroatoms. The minimum Gasteiger partial charge on any atom is -0.465 e. The number of aliphatic hydroxyl groups is 1. The van der Waals surface area contributed by atoms with Gasteiger partial charge in [-0.3, -0.25) is 14.4 Å². The number of aliphatic hydroxyl groups excluding tert-OH is 1. The van der Waals surface area contributed by atoms with Crippen molar-refractivity contribution in [3.05, 3.63) is 24.3 Å². The number of amides is 2. The van der Waals surface area contributed by atoms with Crippen molar-refractivity contribution in [2.75, 3.05) is 19.8 Å². The molecule has 3 fully saturated rings. The Morgan fingerprint density at radius 3 is 2.50 bits per heavy atom. The highest BCUT2D eigenvalue weighted by atomic mass is 16.6. The summed E-state index contributed by atoms with van der Waals surface area (Å²) in [7, 11) is 0. The molecule has 0 aromatic carbocycles. The van der Waals surface area contributed by atoms with E-state index in [1.165, 1.54) is 6.42 Å². The average molecular weight is 529 g/mol. The van der Waals surface area contributed by atoms with Crippen LogP contribution >= 0.6 is 0 Å². The van der Waals surface area contributed by atoms with Crippen LogP contribution in [0, 0.1) is 17.8 Å². The molecule has 210 valence electrons. The van der Waals surface area contributed by atoms with E-state index in [4.69, 9.17) is 9.47 Å². The minimum atomic E-state index is -1.31. The first-order chi connectivity index (χ1) is 18.3. The number of likely N-dealkylation sites (tertiary alicyclic amines) is 1. The van der Waals surface area contributed by atoms with E-state index in [0.29, 0.717) is 13.2 Å². The Kier molecular flexibility index (Phi) is 7.75. The summed E-state index contributed by atoms with van der Waals surface area (Å²) in [5, 5.41) is 10.5. The number of carbonyl (C=O) groups is 3. The molecule has 4 heterocycles. The standard InChI is InChI=1S/C30H44N2O6/c1-4-20(2)22(19-33)32-25-27(35)31(21-13-8-7-9-14-21)17-12-16-30(25)23(26(32)34)24-28(36)37-18-11-6-5-10-15-29(24,3)38-30/h10,12,15-16,20-25,33H,4-9,11,13-14,17-19H2,1-3H3/b15-10-/t20-,22-,23-,24-,25?,29+,30-/m0/s1. The van der Waals surface area contributed by atoms with Crippen molar-refractivity contribution in [3.63, 3.8) is 0 Å². The van der Waals surface area contributed by atoms with Gasteiger partial charge in [0, 0.05) is 12.6 Å². The van der Waals surface area contributed by atoms with E-state index in [1.54, 1.807) is 4.90 Å². The summed E-state index contributed by atoms with van der Waals surface area (Å²) in [4.78, 5) is 46.2. The Bertz CT molecular complexity index is 989. The van der Waals surface area contributed by atoms with Crippen LogP contribution < -0.4 is 0 Å². The van der Waals surface area contributed by atoms with Gasteiger partial charge >= 0.3 is 5.97 Å². The minimum absolute atomic E-state index is 0.0368. The molecule has 2 amide bonds. The lowest BCUT2D eigenvalue weighted by Gasteiger charge is -2.43. The first-order valence-corrected chi connectivity index (χ1v) is 14.7. The van der Waals surface area contributed by atoms with Crippen molar-refractivity contribution in [2.45, 2.75) is 108 Å². The summed E-state index contributed by atoms with van der Waals surface area (Å²) in [6.45, 7) is 6.36. The highest BCUT2D eigenvalue weighted by Crippen LogP contribution is 2.58. The van der Waals surface area contributed by atoms with E-state index < -0.39 is 41.1 Å². The highest BCUT2D eigenvalue weighted by Gasteiger charge is 2.75. The van der Waals surface area contributed by atoms with Gasteiger partial charge in [0.05, 0.1) is 30.8 Å². The Balaban J connectivity index is 1.65. The molecule has 0 radical (unpaired) electrons. The van der Waals surface area contributed by atoms with Gasteiger partial charge in [-0.25, -0.2) is 0 Å². The number of allylic oxidation sites excluding steroid dienone is 1. The normalized spacial score (nSPS) is 38.6. The van der Waals surface area contributed by atoms with Crippen LogP contribution in [0.25, 0.3) is 0 Å². The molecule has 1 spiro atoms. The van der Waals surface area contributed by atoms with Crippen molar-refractivity contribution >= 4 is 17.8 Å². The molecule has 2 saturated heterocycles. The summed E-state index contributed by atoms with van der Waals surface area (Å²) in [6, 6.07) is -1.38. The molecule has 1 unspecified atom stereocenters. The molecule has 0 aromatic rings. The van der Waals surface area contributed by atoms with Crippen LogP contribution in [-0.4, -0.2) is 81.8 Å². The number of fused-ring (bicyclic) bond motifs is 2. The lowest BCUT2D eigenvalue weighted by Crippen LogP contribution is -2.61. The van der Waals surface area contributed by atoms with Gasteiger partial charge in [0.15, 0.2) is 0 Å². The fourth-order valence-corrected chi connectivity index (χ4v) is 7.65. The van der Waals surface area contributed by atoms with Gasteiger partial charge in [-0.1, -0.05) is 63.8 Å². The summed E-state index contributed by atoms with van der Waals surface area (Å²) in [5.74, 6) is -2.71. The van der Waals surface area contributed by atoms with Gasteiger partial charge in [0.25, 0.3) is 0 Å². The van der Waals surface area contributed by atoms with Crippen molar-refractivity contribution in [1.82, 2.24) is 9.80 Å². The van der Waals surface area contributed by atoms with Crippen LogP contribution in [0.3, 0.4) is 0 Å². The maximum absolute atomic E-state index is 14.6. The Hall–Kier alpha value is -2.19. The monoisotopic (exact) mass is 528 g/mol. The molecule has 8 nitrogen and oxygen atoms in total. The van der Waals surface area contributed by atoms with E-state index in [0.717, 1.165) is 51.4 Å². The summed E-state index contributed by atoms with van der Waals surface area (Å²) < 4.78 is 12.6. The summed E-state index contributed by atoms with van der Waals surface area (Å²) >= 11 is 0. The van der Waals surface area contributed by atoms with Crippen molar-refractivity contribution in [3.8, 4) is 0 Å². The maximum atomic E-state index is 14.6. The number of nitrogens with zero attached hydrogens (tertiary/aromatic N) is 2. The molecule has 38 heavy (non-hydrogen) atoms. The molecule has 5 rings (SSSR count). The number of rotatable bonds is 5. The lowest BCUT2D eigenvalue weighted by atomic mass is 9.74. The van der Waals surface area contributed by atoms with Crippen molar-refractivity contribution in [2.24, 2.45) is 17.8 Å². The van der Waals surface area contributed by atoms with Crippen LogP contribution in [0.15, 0.2) is 24.3 Å². The third-order valence-electron chi connectivity index (χ3n) is 9.83. The molecular formula is C30H44N2O6. The van der Waals surface area contributed by atoms with Crippen LogP contribution in [0.1, 0.15) is 78.6 Å². The lowest BCUT2D eigenvalue weighted by molar-refractivity contribution is -0.163. The molecular weight excluding hydrogens is 484 g/mol. The zero-order valence-electron chi connectivity index (χ0n) is 23.1. The SMILES string of the molecule is CC[C@H](C)[C@H](CO)N1C(=O)[C@@H]2[C@H]3C(=O)OCCCC/C=C\[C@@]3(C)O[C@@]23C=CCN(C2CCCCC2)C(=O)C13. The zero-order valence-corrected chi connectivity index (χ0v) is 23.1. The first-order valence-electron chi connectivity index (χ1n) is 14.7. The van der Waals surface area contributed by atoms with Gasteiger partial charge in [0.2, 0.25) is 11.8 Å². The molecule has 1 N–H and O–H groups in total. The number of hydrogen-bond donors (Lipinski definition) is 1. The predicted molar refractivity (Wildman–Crippen MR) is 142 cm³/mol. The fraction of sp³-hybridized carbons (Fsp3) is 0.767. The topological polar surface area (TPSA) is 96.4 Å². The Labute approximate surface area is 226 Å². The van der Waals surface area contributed by atoms with Gasteiger partial charge in [-0.15, -0.1) is 0 Å². The maximum Gasteiger partial charge on any atom is 0.313 e. The first kappa shape index (κ1) is 27.4. The highest BCUT2D eigenvalue weighted by molar-refractivity contribution is 5.99. The molecule has 0 aromatic heterocycles.